The third-order valence-electron chi connectivity index (χ3n) is 5.26. The molecule has 1 fully saturated rings. The maximum atomic E-state index is 12.7. The summed E-state index contributed by atoms with van der Waals surface area (Å²) < 4.78 is 15.6. The number of phenols is 2. The van der Waals surface area contributed by atoms with E-state index in [1.54, 1.807) is 43.3 Å². The minimum atomic E-state index is -0.924. The maximum Gasteiger partial charge on any atom is 0.316 e. The van der Waals surface area contributed by atoms with Gasteiger partial charge in [-0.05, 0) is 19.1 Å². The summed E-state index contributed by atoms with van der Waals surface area (Å²) in [6, 6.07) is 8.86. The lowest BCUT2D eigenvalue weighted by Crippen LogP contribution is -2.46. The SMILES string of the molecule is CCOC(=O)[C@H]1C(=N)C[C@H](c2cccc(OC)c2O)N[C@H]1c1cccc(OC)c1O. The largest absolute Gasteiger partial charge is 0.504 e. The zero-order valence-electron chi connectivity index (χ0n) is 17.1. The van der Waals surface area contributed by atoms with E-state index in [1.165, 1.54) is 14.2 Å². The fourth-order valence-corrected chi connectivity index (χ4v) is 3.84. The summed E-state index contributed by atoms with van der Waals surface area (Å²) in [6.45, 7) is 1.88. The van der Waals surface area contributed by atoms with Gasteiger partial charge in [-0.25, -0.2) is 0 Å². The second-order valence-corrected chi connectivity index (χ2v) is 6.95. The van der Waals surface area contributed by atoms with Gasteiger partial charge in [-0.15, -0.1) is 0 Å². The number of carbonyl (C=O) groups is 1. The number of aromatic hydroxyl groups is 2. The van der Waals surface area contributed by atoms with E-state index >= 15 is 0 Å². The molecule has 4 N–H and O–H groups in total. The van der Waals surface area contributed by atoms with Crippen LogP contribution in [0.15, 0.2) is 36.4 Å². The number of benzene rings is 2. The van der Waals surface area contributed by atoms with Gasteiger partial charge in [0.15, 0.2) is 23.0 Å². The average molecular weight is 414 g/mol. The number of hydrogen-bond acceptors (Lipinski definition) is 8. The molecule has 0 saturated carbocycles. The molecule has 0 unspecified atom stereocenters. The minimum absolute atomic E-state index is 0.0338. The molecule has 8 nitrogen and oxygen atoms in total. The van der Waals surface area contributed by atoms with Gasteiger partial charge < -0.3 is 35.1 Å². The topological polar surface area (TPSA) is 121 Å². The van der Waals surface area contributed by atoms with Crippen LogP contribution in [0, 0.1) is 11.3 Å². The molecule has 0 amide bonds. The lowest BCUT2D eigenvalue weighted by molar-refractivity contribution is -0.146. The van der Waals surface area contributed by atoms with Gasteiger partial charge in [0.05, 0.1) is 26.9 Å². The zero-order chi connectivity index (χ0) is 21.8. The second-order valence-electron chi connectivity index (χ2n) is 6.95. The first-order valence-corrected chi connectivity index (χ1v) is 9.64. The molecule has 1 heterocycles. The van der Waals surface area contributed by atoms with Crippen LogP contribution in [0.1, 0.15) is 36.6 Å². The van der Waals surface area contributed by atoms with Gasteiger partial charge in [-0.2, -0.15) is 0 Å². The van der Waals surface area contributed by atoms with Crippen molar-refractivity contribution in [1.82, 2.24) is 5.32 Å². The summed E-state index contributed by atoms with van der Waals surface area (Å²) >= 11 is 0. The average Bonchev–Trinajstić information content (AvgIpc) is 2.73. The summed E-state index contributed by atoms with van der Waals surface area (Å²) in [5, 5.41) is 33.2. The molecule has 1 aliphatic rings. The van der Waals surface area contributed by atoms with Crippen molar-refractivity contribution >= 4 is 11.7 Å². The third kappa shape index (κ3) is 3.91. The fraction of sp³-hybridized carbons (Fsp3) is 0.364. The van der Waals surface area contributed by atoms with E-state index in [0.717, 1.165) is 0 Å². The molecule has 2 aromatic carbocycles. The lowest BCUT2D eigenvalue weighted by Gasteiger charge is -2.37. The zero-order valence-corrected chi connectivity index (χ0v) is 17.1. The molecule has 8 heteroatoms. The molecule has 0 radical (unpaired) electrons. The normalized spacial score (nSPS) is 21.2. The maximum absolute atomic E-state index is 12.7. The first kappa shape index (κ1) is 21.4. The van der Waals surface area contributed by atoms with E-state index in [-0.39, 0.29) is 36.0 Å². The van der Waals surface area contributed by atoms with Crippen LogP contribution in [0.25, 0.3) is 0 Å². The Bertz CT molecular complexity index is 945. The van der Waals surface area contributed by atoms with Gasteiger partial charge in [0.2, 0.25) is 0 Å². The summed E-state index contributed by atoms with van der Waals surface area (Å²) in [6.07, 6.45) is 0.186. The van der Waals surface area contributed by atoms with Crippen molar-refractivity contribution in [2.45, 2.75) is 25.4 Å². The fourth-order valence-electron chi connectivity index (χ4n) is 3.84. The van der Waals surface area contributed by atoms with Crippen LogP contribution in [0.3, 0.4) is 0 Å². The molecule has 3 atom stereocenters. The summed E-state index contributed by atoms with van der Waals surface area (Å²) in [5.74, 6) is -1.05. The number of esters is 1. The quantitative estimate of drug-likeness (QED) is 0.536. The molecular formula is C22H26N2O6. The lowest BCUT2D eigenvalue weighted by atomic mass is 9.80. The molecular weight excluding hydrogens is 388 g/mol. The van der Waals surface area contributed by atoms with Crippen LogP contribution >= 0.6 is 0 Å². The van der Waals surface area contributed by atoms with Crippen LogP contribution < -0.4 is 14.8 Å². The van der Waals surface area contributed by atoms with Gasteiger partial charge in [0.25, 0.3) is 0 Å². The van der Waals surface area contributed by atoms with Crippen molar-refractivity contribution in [2.24, 2.45) is 5.92 Å². The second kappa shape index (κ2) is 9.04. The number of hydrogen-bond donors (Lipinski definition) is 4. The molecule has 0 spiro atoms. The molecule has 1 aliphatic heterocycles. The number of methoxy groups -OCH3 is 2. The van der Waals surface area contributed by atoms with Crippen molar-refractivity contribution in [2.75, 3.05) is 20.8 Å². The Morgan fingerprint density at radius 2 is 1.63 bits per heavy atom. The number of nitrogens with one attached hydrogen (secondary N) is 2. The Balaban J connectivity index is 2.07. The number of piperidine rings is 1. The van der Waals surface area contributed by atoms with Crippen molar-refractivity contribution in [3.8, 4) is 23.0 Å². The van der Waals surface area contributed by atoms with Crippen LogP contribution in [0.4, 0.5) is 0 Å². The van der Waals surface area contributed by atoms with Gasteiger partial charge >= 0.3 is 5.97 Å². The summed E-state index contributed by atoms with van der Waals surface area (Å²) in [5.41, 5.74) is 1.09. The smallest absolute Gasteiger partial charge is 0.316 e. The van der Waals surface area contributed by atoms with Crippen molar-refractivity contribution < 1.29 is 29.2 Å². The van der Waals surface area contributed by atoms with E-state index < -0.39 is 24.0 Å². The number of carbonyl (C=O) groups excluding carboxylic acids is 1. The van der Waals surface area contributed by atoms with Crippen molar-refractivity contribution in [1.29, 1.82) is 5.41 Å². The molecule has 30 heavy (non-hydrogen) atoms. The van der Waals surface area contributed by atoms with Crippen molar-refractivity contribution in [3.63, 3.8) is 0 Å². The van der Waals surface area contributed by atoms with Gasteiger partial charge in [-0.1, -0.05) is 24.3 Å². The highest BCUT2D eigenvalue weighted by atomic mass is 16.5. The van der Waals surface area contributed by atoms with Crippen LogP contribution in [-0.4, -0.2) is 42.7 Å². The summed E-state index contributed by atoms with van der Waals surface area (Å²) in [7, 11) is 2.90. The molecule has 0 aliphatic carbocycles. The van der Waals surface area contributed by atoms with E-state index in [9.17, 15) is 15.0 Å². The molecule has 3 rings (SSSR count). The Morgan fingerprint density at radius 3 is 2.20 bits per heavy atom. The van der Waals surface area contributed by atoms with Gasteiger partial charge in [-0.3, -0.25) is 4.79 Å². The number of para-hydroxylation sites is 2. The Labute approximate surface area is 174 Å². The highest BCUT2D eigenvalue weighted by Gasteiger charge is 2.42. The first-order chi connectivity index (χ1) is 14.4. The van der Waals surface area contributed by atoms with Crippen LogP contribution in [-0.2, 0) is 9.53 Å². The van der Waals surface area contributed by atoms with E-state index in [1.807, 2.05) is 0 Å². The predicted octanol–water partition coefficient (Wildman–Crippen LogP) is 3.09. The molecule has 2 aromatic rings. The van der Waals surface area contributed by atoms with Gasteiger partial charge in [0, 0.05) is 29.3 Å². The van der Waals surface area contributed by atoms with E-state index in [2.05, 4.69) is 5.32 Å². The van der Waals surface area contributed by atoms with E-state index in [0.29, 0.717) is 16.9 Å². The number of phenolic OH excluding ortho intramolecular Hbond substituents is 2. The van der Waals surface area contributed by atoms with E-state index in [4.69, 9.17) is 19.6 Å². The Morgan fingerprint density at radius 1 is 1.07 bits per heavy atom. The Hall–Kier alpha value is -3.26. The first-order valence-electron chi connectivity index (χ1n) is 9.64. The molecule has 0 aromatic heterocycles. The monoisotopic (exact) mass is 414 g/mol. The predicted molar refractivity (Wildman–Crippen MR) is 110 cm³/mol. The number of rotatable bonds is 6. The highest BCUT2D eigenvalue weighted by Crippen LogP contribution is 2.44. The molecule has 0 bridgehead atoms. The van der Waals surface area contributed by atoms with Crippen molar-refractivity contribution in [3.05, 3.63) is 47.5 Å². The highest BCUT2D eigenvalue weighted by molar-refractivity contribution is 6.02. The third-order valence-corrected chi connectivity index (χ3v) is 5.26. The molecule has 160 valence electrons. The standard InChI is InChI=1S/C22H26N2O6/c1-4-30-22(27)18-14(23)11-15(12-7-5-9-16(28-2)20(12)25)24-19(18)13-8-6-10-17(29-3)21(13)26/h5-10,15,18-19,23-26H,4,11H2,1-3H3/t15-,18+,19+/m1/s1. The summed E-state index contributed by atoms with van der Waals surface area (Å²) in [4.78, 5) is 12.7. The minimum Gasteiger partial charge on any atom is -0.504 e. The van der Waals surface area contributed by atoms with Crippen LogP contribution in [0.5, 0.6) is 23.0 Å². The Kier molecular flexibility index (Phi) is 6.47. The van der Waals surface area contributed by atoms with Gasteiger partial charge in [0.1, 0.15) is 5.92 Å². The molecule has 1 saturated heterocycles. The number of ether oxygens (including phenoxy) is 3. The van der Waals surface area contributed by atoms with Crippen LogP contribution in [0.2, 0.25) is 0 Å².